The number of nitrogens with zero attached hydrogens (tertiary/aromatic N) is 4. The largest absolute Gasteiger partial charge is 0.307 e. The molecule has 2 N–H and O–H groups in total. The van der Waals surface area contributed by atoms with Gasteiger partial charge in [-0.25, -0.2) is 9.20 Å². The molecule has 0 aliphatic rings. The highest BCUT2D eigenvalue weighted by Gasteiger charge is 2.26. The van der Waals surface area contributed by atoms with Gasteiger partial charge in [-0.05, 0) is 32.9 Å². The summed E-state index contributed by atoms with van der Waals surface area (Å²) in [6.07, 6.45) is 1.47. The Hall–Kier alpha value is -3.42. The smallest absolute Gasteiger partial charge is 0.262 e. The van der Waals surface area contributed by atoms with Gasteiger partial charge in [0.1, 0.15) is 17.0 Å². The van der Waals surface area contributed by atoms with Gasteiger partial charge >= 0.3 is 0 Å². The van der Waals surface area contributed by atoms with Gasteiger partial charge in [0, 0.05) is 11.5 Å². The number of H-pyrrole nitrogens is 1. The molecule has 1 amide bonds. The summed E-state index contributed by atoms with van der Waals surface area (Å²) in [5, 5.41) is 12.5. The SMILES string of the molecule is CC(C)(C)c1cc(NC(=O)c2cnn3c2[nH]c(=O)c2ccccc23)n(C(C)(C)C)n1. The Balaban J connectivity index is 1.79. The molecule has 30 heavy (non-hydrogen) atoms. The summed E-state index contributed by atoms with van der Waals surface area (Å²) in [5.41, 5.74) is 1.42. The second kappa shape index (κ2) is 6.55. The van der Waals surface area contributed by atoms with Crippen LogP contribution < -0.4 is 10.9 Å². The zero-order chi connectivity index (χ0) is 21.8. The predicted octanol–water partition coefficient (Wildman–Crippen LogP) is 3.68. The van der Waals surface area contributed by atoms with E-state index in [0.717, 1.165) is 5.69 Å². The number of aromatic nitrogens is 5. The molecule has 8 heteroatoms. The molecule has 8 nitrogen and oxygen atoms in total. The minimum atomic E-state index is -0.359. The molecule has 0 fully saturated rings. The standard InChI is InChI=1S/C22H26N6O2/c1-21(2,3)16-11-17(28(26-16)22(4,5)6)24-20(30)14-12-23-27-15-10-8-7-9-13(15)19(29)25-18(14)27/h7-12H,1-6H3,(H,24,30)(H,25,29). The van der Waals surface area contributed by atoms with E-state index in [1.807, 2.05) is 37.6 Å². The number of carbonyl (C=O) groups excluding carboxylic acids is 1. The van der Waals surface area contributed by atoms with Gasteiger partial charge in [0.2, 0.25) is 0 Å². The summed E-state index contributed by atoms with van der Waals surface area (Å²) in [7, 11) is 0. The monoisotopic (exact) mass is 406 g/mol. The van der Waals surface area contributed by atoms with Gasteiger partial charge in [0.15, 0.2) is 0 Å². The van der Waals surface area contributed by atoms with Gasteiger partial charge in [-0.3, -0.25) is 9.59 Å². The molecule has 0 aliphatic heterocycles. The first-order chi connectivity index (χ1) is 14.0. The van der Waals surface area contributed by atoms with E-state index in [9.17, 15) is 9.59 Å². The van der Waals surface area contributed by atoms with Crippen LogP contribution in [0.1, 0.15) is 57.6 Å². The number of amides is 1. The molecule has 0 saturated carbocycles. The molecule has 3 heterocycles. The fraction of sp³-hybridized carbons (Fsp3) is 0.364. The second-order valence-corrected chi connectivity index (χ2v) is 9.49. The predicted molar refractivity (Wildman–Crippen MR) is 117 cm³/mol. The van der Waals surface area contributed by atoms with Gasteiger partial charge in [-0.1, -0.05) is 32.9 Å². The van der Waals surface area contributed by atoms with Gasteiger partial charge in [-0.15, -0.1) is 0 Å². The molecule has 0 unspecified atom stereocenters. The van der Waals surface area contributed by atoms with E-state index >= 15 is 0 Å². The van der Waals surface area contributed by atoms with Crippen molar-refractivity contribution >= 4 is 28.3 Å². The summed E-state index contributed by atoms with van der Waals surface area (Å²) >= 11 is 0. The van der Waals surface area contributed by atoms with Crippen molar-refractivity contribution in [1.82, 2.24) is 24.4 Å². The number of carbonyl (C=O) groups is 1. The van der Waals surface area contributed by atoms with E-state index in [4.69, 9.17) is 5.10 Å². The van der Waals surface area contributed by atoms with Gasteiger partial charge in [-0.2, -0.15) is 10.2 Å². The number of rotatable bonds is 2. The van der Waals surface area contributed by atoms with Crippen molar-refractivity contribution in [1.29, 1.82) is 0 Å². The number of anilines is 1. The van der Waals surface area contributed by atoms with Crippen molar-refractivity contribution in [2.45, 2.75) is 52.5 Å². The summed E-state index contributed by atoms with van der Waals surface area (Å²) in [6.45, 7) is 12.3. The van der Waals surface area contributed by atoms with Crippen molar-refractivity contribution in [2.24, 2.45) is 0 Å². The van der Waals surface area contributed by atoms with Crippen LogP contribution in [0.3, 0.4) is 0 Å². The van der Waals surface area contributed by atoms with Crippen molar-refractivity contribution in [3.05, 3.63) is 58.1 Å². The maximum atomic E-state index is 13.1. The molecule has 0 radical (unpaired) electrons. The van der Waals surface area contributed by atoms with E-state index in [1.54, 1.807) is 22.7 Å². The maximum Gasteiger partial charge on any atom is 0.262 e. The Labute approximate surface area is 173 Å². The normalized spacial score (nSPS) is 12.6. The lowest BCUT2D eigenvalue weighted by Crippen LogP contribution is -2.27. The van der Waals surface area contributed by atoms with E-state index in [2.05, 4.69) is 36.2 Å². The lowest BCUT2D eigenvalue weighted by atomic mass is 9.92. The quantitative estimate of drug-likeness (QED) is 0.531. The Morgan fingerprint density at radius 3 is 2.47 bits per heavy atom. The molecule has 0 saturated heterocycles. The van der Waals surface area contributed by atoms with E-state index in [-0.39, 0.29) is 28.0 Å². The average Bonchev–Trinajstić information content (AvgIpc) is 3.26. The first kappa shape index (κ1) is 19.9. The first-order valence-electron chi connectivity index (χ1n) is 9.88. The van der Waals surface area contributed by atoms with Crippen LogP contribution in [-0.2, 0) is 11.0 Å². The third kappa shape index (κ3) is 3.28. The minimum absolute atomic E-state index is 0.162. The molecule has 0 aliphatic carbocycles. The van der Waals surface area contributed by atoms with Crippen LogP contribution in [0, 0.1) is 0 Å². The van der Waals surface area contributed by atoms with Gasteiger partial charge in [0.05, 0.1) is 28.3 Å². The molecule has 4 rings (SSSR count). The first-order valence-corrected chi connectivity index (χ1v) is 9.88. The summed E-state index contributed by atoms with van der Waals surface area (Å²) in [5.74, 6) is 0.238. The van der Waals surface area contributed by atoms with Crippen LogP contribution >= 0.6 is 0 Å². The highest BCUT2D eigenvalue weighted by atomic mass is 16.2. The lowest BCUT2D eigenvalue weighted by molar-refractivity contribution is 0.102. The maximum absolute atomic E-state index is 13.1. The molecule has 0 atom stereocenters. The summed E-state index contributed by atoms with van der Waals surface area (Å²) < 4.78 is 3.39. The van der Waals surface area contributed by atoms with E-state index in [0.29, 0.717) is 22.4 Å². The Bertz CT molecular complexity index is 1330. The number of fused-ring (bicyclic) bond motifs is 3. The zero-order valence-electron chi connectivity index (χ0n) is 18.1. The van der Waals surface area contributed by atoms with Crippen LogP contribution in [0.2, 0.25) is 0 Å². The topological polar surface area (TPSA) is 97.1 Å². The van der Waals surface area contributed by atoms with Crippen LogP contribution in [0.15, 0.2) is 41.3 Å². The molecular weight excluding hydrogens is 380 g/mol. The molecule has 1 aromatic carbocycles. The molecule has 0 bridgehead atoms. The van der Waals surface area contributed by atoms with Crippen molar-refractivity contribution < 1.29 is 4.79 Å². The fourth-order valence-electron chi connectivity index (χ4n) is 3.37. The Morgan fingerprint density at radius 1 is 1.10 bits per heavy atom. The van der Waals surface area contributed by atoms with E-state index < -0.39 is 0 Å². The average molecular weight is 406 g/mol. The van der Waals surface area contributed by atoms with E-state index in [1.165, 1.54) is 6.20 Å². The Morgan fingerprint density at radius 2 is 1.80 bits per heavy atom. The van der Waals surface area contributed by atoms with Crippen LogP contribution in [-0.4, -0.2) is 30.3 Å². The molecular formula is C22H26N6O2. The van der Waals surface area contributed by atoms with Crippen molar-refractivity contribution in [3.8, 4) is 0 Å². The van der Waals surface area contributed by atoms with Crippen LogP contribution in [0.5, 0.6) is 0 Å². The molecule has 4 aromatic rings. The number of para-hydroxylation sites is 1. The molecule has 3 aromatic heterocycles. The third-order valence-corrected chi connectivity index (χ3v) is 4.98. The third-order valence-electron chi connectivity index (χ3n) is 4.98. The number of hydrogen-bond acceptors (Lipinski definition) is 4. The number of hydrogen-bond donors (Lipinski definition) is 2. The second-order valence-electron chi connectivity index (χ2n) is 9.49. The van der Waals surface area contributed by atoms with Crippen LogP contribution in [0.25, 0.3) is 16.6 Å². The molecule has 0 spiro atoms. The van der Waals surface area contributed by atoms with Crippen LogP contribution in [0.4, 0.5) is 5.82 Å². The summed E-state index contributed by atoms with van der Waals surface area (Å²) in [4.78, 5) is 28.4. The zero-order valence-corrected chi connectivity index (χ0v) is 18.1. The minimum Gasteiger partial charge on any atom is -0.307 e. The van der Waals surface area contributed by atoms with Gasteiger partial charge in [0.25, 0.3) is 11.5 Å². The number of nitrogens with one attached hydrogen (secondary N) is 2. The Kier molecular flexibility index (Phi) is 4.34. The fourth-order valence-corrected chi connectivity index (χ4v) is 3.37. The summed E-state index contributed by atoms with van der Waals surface area (Å²) in [6, 6.07) is 9.05. The number of benzene rings is 1. The highest BCUT2D eigenvalue weighted by Crippen LogP contribution is 2.28. The van der Waals surface area contributed by atoms with Gasteiger partial charge < -0.3 is 10.3 Å². The number of aromatic amines is 1. The highest BCUT2D eigenvalue weighted by molar-refractivity contribution is 6.08. The van der Waals surface area contributed by atoms with Crippen molar-refractivity contribution in [3.63, 3.8) is 0 Å². The lowest BCUT2D eigenvalue weighted by Gasteiger charge is -2.23. The van der Waals surface area contributed by atoms with Crippen molar-refractivity contribution in [2.75, 3.05) is 5.32 Å². The molecule has 156 valence electrons.